The van der Waals surface area contributed by atoms with Gasteiger partial charge < -0.3 is 14.4 Å². The Morgan fingerprint density at radius 2 is 1.72 bits per heavy atom. The molecule has 2 aromatic rings. The van der Waals surface area contributed by atoms with E-state index in [0.29, 0.717) is 36.5 Å². The number of likely N-dealkylation sites (N-methyl/N-ethyl adjacent to an activating group) is 1. The number of methoxy groups -OCH3 is 1. The van der Waals surface area contributed by atoms with Crippen LogP contribution in [0.5, 0.6) is 5.75 Å². The molecule has 3 rings (SSSR count). The Morgan fingerprint density at radius 1 is 1.03 bits per heavy atom. The third-order valence-electron chi connectivity index (χ3n) is 5.30. The molecule has 0 spiro atoms. The van der Waals surface area contributed by atoms with Crippen LogP contribution in [-0.4, -0.2) is 66.1 Å². The van der Waals surface area contributed by atoms with Crippen molar-refractivity contribution in [2.75, 3.05) is 33.4 Å². The number of nitrogens with zero attached hydrogens (tertiary/aromatic N) is 3. The van der Waals surface area contributed by atoms with E-state index in [0.717, 1.165) is 17.7 Å². The van der Waals surface area contributed by atoms with Gasteiger partial charge in [0.25, 0.3) is 11.8 Å². The summed E-state index contributed by atoms with van der Waals surface area (Å²) in [7, 11) is 1.56. The van der Waals surface area contributed by atoms with Gasteiger partial charge in [-0.2, -0.15) is 0 Å². The summed E-state index contributed by atoms with van der Waals surface area (Å²) in [5.41, 5.74) is 2.71. The first kappa shape index (κ1) is 23.5. The van der Waals surface area contributed by atoms with Crippen molar-refractivity contribution in [3.05, 3.63) is 65.6 Å². The van der Waals surface area contributed by atoms with E-state index in [1.54, 1.807) is 19.5 Å². The van der Waals surface area contributed by atoms with E-state index in [-0.39, 0.29) is 24.5 Å². The van der Waals surface area contributed by atoms with Crippen LogP contribution in [0, 0.1) is 0 Å². The van der Waals surface area contributed by atoms with Gasteiger partial charge in [0.15, 0.2) is 0 Å². The van der Waals surface area contributed by atoms with Crippen LogP contribution >= 0.6 is 0 Å². The molecule has 1 aliphatic rings. The molecule has 0 fully saturated rings. The second kappa shape index (κ2) is 10.9. The van der Waals surface area contributed by atoms with Gasteiger partial charge in [0.1, 0.15) is 11.4 Å². The third-order valence-corrected chi connectivity index (χ3v) is 5.30. The molecule has 0 saturated heterocycles. The van der Waals surface area contributed by atoms with Gasteiger partial charge in [-0.25, -0.2) is 0 Å². The lowest BCUT2D eigenvalue weighted by Crippen LogP contribution is -2.37. The molecule has 1 aromatic heterocycles. The normalized spacial score (nSPS) is 14.0. The van der Waals surface area contributed by atoms with Crippen LogP contribution in [0.4, 0.5) is 0 Å². The number of hydrogen-bond donors (Lipinski definition) is 0. The zero-order valence-electron chi connectivity index (χ0n) is 19.2. The summed E-state index contributed by atoms with van der Waals surface area (Å²) < 4.78 is 10.8. The monoisotopic (exact) mass is 437 g/mol. The molecule has 0 bridgehead atoms. The van der Waals surface area contributed by atoms with Gasteiger partial charge in [0, 0.05) is 32.6 Å². The summed E-state index contributed by atoms with van der Waals surface area (Å²) >= 11 is 0. The lowest BCUT2D eigenvalue weighted by Gasteiger charge is -2.25. The van der Waals surface area contributed by atoms with E-state index < -0.39 is 0 Å². The lowest BCUT2D eigenvalue weighted by atomic mass is 10.0. The second-order valence-electron chi connectivity index (χ2n) is 7.85. The standard InChI is InChI=1S/C25H31N3O4/c1-5-27(15-12-19-10-13-26-14-11-19)23-22(24(29)28(25(23)30)16-17-31-4)20-6-8-21(9-7-20)32-18(2)3/h6-11,13-14,18H,5,12,15-17H2,1-4H3. The van der Waals surface area contributed by atoms with E-state index >= 15 is 0 Å². The van der Waals surface area contributed by atoms with E-state index in [1.807, 2.05) is 62.1 Å². The van der Waals surface area contributed by atoms with E-state index in [1.165, 1.54) is 4.90 Å². The van der Waals surface area contributed by atoms with Crippen molar-refractivity contribution in [2.45, 2.75) is 33.3 Å². The number of imide groups is 1. The van der Waals surface area contributed by atoms with Crippen LogP contribution < -0.4 is 4.74 Å². The number of pyridine rings is 1. The molecular formula is C25H31N3O4. The van der Waals surface area contributed by atoms with Crippen molar-refractivity contribution in [3.63, 3.8) is 0 Å². The predicted molar refractivity (Wildman–Crippen MR) is 123 cm³/mol. The average molecular weight is 438 g/mol. The highest BCUT2D eigenvalue weighted by atomic mass is 16.5. The summed E-state index contributed by atoms with van der Waals surface area (Å²) in [5.74, 6) is 0.159. The smallest absolute Gasteiger partial charge is 0.277 e. The third kappa shape index (κ3) is 5.34. The number of rotatable bonds is 11. The quantitative estimate of drug-likeness (QED) is 0.503. The van der Waals surface area contributed by atoms with Gasteiger partial charge in [-0.1, -0.05) is 12.1 Å². The van der Waals surface area contributed by atoms with E-state index in [2.05, 4.69) is 4.98 Å². The lowest BCUT2D eigenvalue weighted by molar-refractivity contribution is -0.138. The number of carbonyl (C=O) groups excluding carboxylic acids is 2. The molecule has 7 nitrogen and oxygen atoms in total. The molecule has 0 radical (unpaired) electrons. The Morgan fingerprint density at radius 3 is 2.31 bits per heavy atom. The van der Waals surface area contributed by atoms with Crippen molar-refractivity contribution in [3.8, 4) is 5.75 Å². The predicted octanol–water partition coefficient (Wildman–Crippen LogP) is 3.16. The van der Waals surface area contributed by atoms with Crippen molar-refractivity contribution >= 4 is 17.4 Å². The molecule has 1 aliphatic heterocycles. The second-order valence-corrected chi connectivity index (χ2v) is 7.85. The van der Waals surface area contributed by atoms with E-state index in [4.69, 9.17) is 9.47 Å². The molecule has 7 heteroatoms. The summed E-state index contributed by atoms with van der Waals surface area (Å²) in [6.07, 6.45) is 4.31. The van der Waals surface area contributed by atoms with Crippen LogP contribution in [0.2, 0.25) is 0 Å². The van der Waals surface area contributed by atoms with Crippen LogP contribution in [0.15, 0.2) is 54.5 Å². The van der Waals surface area contributed by atoms with Crippen molar-refractivity contribution in [1.82, 2.24) is 14.8 Å². The van der Waals surface area contributed by atoms with Crippen molar-refractivity contribution in [2.24, 2.45) is 0 Å². The van der Waals surface area contributed by atoms with Gasteiger partial charge in [-0.05, 0) is 62.6 Å². The maximum Gasteiger partial charge on any atom is 0.277 e. The molecule has 0 unspecified atom stereocenters. The SMILES string of the molecule is CCN(CCc1ccncc1)C1=C(c2ccc(OC(C)C)cc2)C(=O)N(CCOC)C1=O. The van der Waals surface area contributed by atoms with Gasteiger partial charge in [-0.3, -0.25) is 19.5 Å². The van der Waals surface area contributed by atoms with Crippen molar-refractivity contribution in [1.29, 1.82) is 0 Å². The van der Waals surface area contributed by atoms with Gasteiger partial charge in [0.05, 0.1) is 24.8 Å². The fraction of sp³-hybridized carbons (Fsp3) is 0.400. The first-order valence-corrected chi connectivity index (χ1v) is 11.0. The van der Waals surface area contributed by atoms with Gasteiger partial charge in [0.2, 0.25) is 0 Å². The Kier molecular flexibility index (Phi) is 8.00. The first-order chi connectivity index (χ1) is 15.5. The highest BCUT2D eigenvalue weighted by Gasteiger charge is 2.40. The minimum Gasteiger partial charge on any atom is -0.491 e. The highest BCUT2D eigenvalue weighted by molar-refractivity contribution is 6.35. The van der Waals surface area contributed by atoms with Gasteiger partial charge >= 0.3 is 0 Å². The molecule has 2 heterocycles. The minimum atomic E-state index is -0.290. The fourth-order valence-electron chi connectivity index (χ4n) is 3.72. The van der Waals surface area contributed by atoms with E-state index in [9.17, 15) is 9.59 Å². The summed E-state index contributed by atoms with van der Waals surface area (Å²) in [5, 5.41) is 0. The Balaban J connectivity index is 1.95. The molecule has 0 saturated carbocycles. The summed E-state index contributed by atoms with van der Waals surface area (Å²) in [4.78, 5) is 34.0. The number of amides is 2. The zero-order chi connectivity index (χ0) is 23.1. The average Bonchev–Trinajstić information content (AvgIpc) is 3.03. The topological polar surface area (TPSA) is 72.0 Å². The summed E-state index contributed by atoms with van der Waals surface area (Å²) in [6.45, 7) is 7.65. The number of benzene rings is 1. The first-order valence-electron chi connectivity index (χ1n) is 11.0. The Labute approximate surface area is 189 Å². The van der Waals surface area contributed by atoms with Crippen LogP contribution in [0.1, 0.15) is 31.9 Å². The molecule has 170 valence electrons. The number of hydrogen-bond acceptors (Lipinski definition) is 6. The Bertz CT molecular complexity index is 955. The molecule has 32 heavy (non-hydrogen) atoms. The van der Waals surface area contributed by atoms with Gasteiger partial charge in [-0.15, -0.1) is 0 Å². The van der Waals surface area contributed by atoms with Crippen LogP contribution in [-0.2, 0) is 20.7 Å². The maximum absolute atomic E-state index is 13.3. The fourth-order valence-corrected chi connectivity index (χ4v) is 3.72. The van der Waals surface area contributed by atoms with Crippen LogP contribution in [0.25, 0.3) is 5.57 Å². The largest absolute Gasteiger partial charge is 0.491 e. The Hall–Kier alpha value is -3.19. The maximum atomic E-state index is 13.3. The minimum absolute atomic E-state index is 0.0543. The number of carbonyl (C=O) groups is 2. The molecule has 1 aromatic carbocycles. The van der Waals surface area contributed by atoms with Crippen molar-refractivity contribution < 1.29 is 19.1 Å². The van der Waals surface area contributed by atoms with Crippen LogP contribution in [0.3, 0.4) is 0 Å². The molecule has 2 amide bonds. The summed E-state index contributed by atoms with van der Waals surface area (Å²) in [6, 6.07) is 11.3. The number of ether oxygens (including phenoxy) is 2. The zero-order valence-corrected chi connectivity index (χ0v) is 19.2. The molecular weight excluding hydrogens is 406 g/mol. The molecule has 0 atom stereocenters. The number of aromatic nitrogens is 1. The molecule has 0 aliphatic carbocycles. The highest BCUT2D eigenvalue weighted by Crippen LogP contribution is 2.32. The molecule has 0 N–H and O–H groups in total.